The van der Waals surface area contributed by atoms with Crippen LogP contribution in [0, 0.1) is 0 Å². The van der Waals surface area contributed by atoms with Crippen molar-refractivity contribution < 1.29 is 14.6 Å². The quantitative estimate of drug-likeness (QED) is 0.608. The van der Waals surface area contributed by atoms with E-state index in [0.29, 0.717) is 36.8 Å². The standard InChI is InChI=1S/C14H20BrClN2O3/c1-2-11(9-19)18-14(20)17-6-3-7-21-13-5-4-10(15)8-12(13)16/h4-5,8,11,19H,2-3,6-7,9H2,1H3,(H2,17,18,20). The zero-order valence-electron chi connectivity index (χ0n) is 11.9. The number of amides is 2. The third-order valence-electron chi connectivity index (χ3n) is 2.81. The lowest BCUT2D eigenvalue weighted by molar-refractivity contribution is 0.213. The highest BCUT2D eigenvalue weighted by molar-refractivity contribution is 9.10. The van der Waals surface area contributed by atoms with Crippen LogP contribution in [-0.4, -0.2) is 36.9 Å². The average molecular weight is 380 g/mol. The van der Waals surface area contributed by atoms with E-state index >= 15 is 0 Å². The Morgan fingerprint density at radius 1 is 1.52 bits per heavy atom. The number of urea groups is 1. The molecule has 1 atom stereocenters. The van der Waals surface area contributed by atoms with Crippen molar-refractivity contribution in [1.82, 2.24) is 10.6 Å². The Hall–Kier alpha value is -0.980. The molecule has 5 nitrogen and oxygen atoms in total. The maximum atomic E-state index is 11.5. The van der Waals surface area contributed by atoms with Gasteiger partial charge in [-0.15, -0.1) is 0 Å². The number of nitrogens with one attached hydrogen (secondary N) is 2. The summed E-state index contributed by atoms with van der Waals surface area (Å²) in [6, 6.07) is 4.93. The van der Waals surface area contributed by atoms with Crippen molar-refractivity contribution in [2.24, 2.45) is 0 Å². The first-order valence-corrected chi connectivity index (χ1v) is 7.97. The second-order valence-corrected chi connectivity index (χ2v) is 5.79. The zero-order chi connectivity index (χ0) is 15.7. The van der Waals surface area contributed by atoms with Gasteiger partial charge in [0.25, 0.3) is 0 Å². The predicted octanol–water partition coefficient (Wildman–Crippen LogP) is 2.94. The lowest BCUT2D eigenvalue weighted by Gasteiger charge is -2.14. The molecule has 118 valence electrons. The molecule has 0 aromatic heterocycles. The van der Waals surface area contributed by atoms with E-state index in [1.54, 1.807) is 12.1 Å². The van der Waals surface area contributed by atoms with E-state index < -0.39 is 0 Å². The van der Waals surface area contributed by atoms with Crippen LogP contribution in [0.1, 0.15) is 19.8 Å². The van der Waals surface area contributed by atoms with Crippen LogP contribution in [0.3, 0.4) is 0 Å². The molecule has 0 saturated heterocycles. The number of benzene rings is 1. The molecular formula is C14H20BrClN2O3. The monoisotopic (exact) mass is 378 g/mol. The Morgan fingerprint density at radius 3 is 2.90 bits per heavy atom. The van der Waals surface area contributed by atoms with Gasteiger partial charge in [-0.1, -0.05) is 34.5 Å². The lowest BCUT2D eigenvalue weighted by atomic mass is 10.2. The largest absolute Gasteiger partial charge is 0.492 e. The van der Waals surface area contributed by atoms with Crippen LogP contribution in [0.15, 0.2) is 22.7 Å². The molecular weight excluding hydrogens is 360 g/mol. The molecule has 1 unspecified atom stereocenters. The molecule has 1 aromatic rings. The highest BCUT2D eigenvalue weighted by Gasteiger charge is 2.08. The third kappa shape index (κ3) is 7.02. The first-order chi connectivity index (χ1) is 10.1. The Bertz CT molecular complexity index is 456. The first-order valence-electron chi connectivity index (χ1n) is 6.79. The molecule has 1 aromatic carbocycles. The summed E-state index contributed by atoms with van der Waals surface area (Å²) >= 11 is 9.35. The molecule has 7 heteroatoms. The number of halogens is 2. The topological polar surface area (TPSA) is 70.6 Å². The molecule has 0 spiro atoms. The number of carbonyl (C=O) groups excluding carboxylic acids is 1. The van der Waals surface area contributed by atoms with Gasteiger partial charge in [-0.2, -0.15) is 0 Å². The summed E-state index contributed by atoms with van der Waals surface area (Å²) in [7, 11) is 0. The van der Waals surface area contributed by atoms with Crippen LogP contribution in [0.4, 0.5) is 4.79 Å². The minimum Gasteiger partial charge on any atom is -0.492 e. The van der Waals surface area contributed by atoms with Crippen molar-refractivity contribution in [3.63, 3.8) is 0 Å². The molecule has 0 aliphatic carbocycles. The minimum absolute atomic E-state index is 0.0604. The summed E-state index contributed by atoms with van der Waals surface area (Å²) in [5.74, 6) is 0.621. The van der Waals surface area contributed by atoms with Gasteiger partial charge in [0.15, 0.2) is 0 Å². The molecule has 1 rings (SSSR count). The Labute approximate surface area is 138 Å². The Morgan fingerprint density at radius 2 is 2.29 bits per heavy atom. The average Bonchev–Trinajstić information content (AvgIpc) is 2.46. The SMILES string of the molecule is CCC(CO)NC(=O)NCCCOc1ccc(Br)cc1Cl. The van der Waals surface area contributed by atoms with Gasteiger partial charge in [0.2, 0.25) is 0 Å². The number of hydrogen-bond donors (Lipinski definition) is 3. The van der Waals surface area contributed by atoms with E-state index in [2.05, 4.69) is 26.6 Å². The normalized spacial score (nSPS) is 11.8. The van der Waals surface area contributed by atoms with E-state index in [0.717, 1.165) is 4.47 Å². The molecule has 0 saturated carbocycles. The van der Waals surface area contributed by atoms with Gasteiger partial charge < -0.3 is 20.5 Å². The fraction of sp³-hybridized carbons (Fsp3) is 0.500. The lowest BCUT2D eigenvalue weighted by Crippen LogP contribution is -2.43. The highest BCUT2D eigenvalue weighted by atomic mass is 79.9. The Kier molecular flexibility index (Phi) is 8.49. The number of carbonyl (C=O) groups is 1. The maximum Gasteiger partial charge on any atom is 0.315 e. The van der Waals surface area contributed by atoms with Crippen LogP contribution >= 0.6 is 27.5 Å². The summed E-state index contributed by atoms with van der Waals surface area (Å²) < 4.78 is 6.43. The first kappa shape index (κ1) is 18.1. The summed E-state index contributed by atoms with van der Waals surface area (Å²) in [4.78, 5) is 11.5. The predicted molar refractivity (Wildman–Crippen MR) is 87.0 cm³/mol. The summed E-state index contributed by atoms with van der Waals surface area (Å²) in [6.45, 7) is 2.78. The van der Waals surface area contributed by atoms with Crippen LogP contribution in [-0.2, 0) is 0 Å². The summed E-state index contributed by atoms with van der Waals surface area (Å²) in [5.41, 5.74) is 0. The van der Waals surface area contributed by atoms with Gasteiger partial charge in [-0.3, -0.25) is 0 Å². The van der Waals surface area contributed by atoms with E-state index in [1.807, 2.05) is 13.0 Å². The zero-order valence-corrected chi connectivity index (χ0v) is 14.2. The number of aliphatic hydroxyl groups is 1. The van der Waals surface area contributed by atoms with Gasteiger partial charge in [0, 0.05) is 11.0 Å². The van der Waals surface area contributed by atoms with Crippen molar-refractivity contribution in [1.29, 1.82) is 0 Å². The molecule has 3 N–H and O–H groups in total. The number of rotatable bonds is 8. The van der Waals surface area contributed by atoms with Crippen molar-refractivity contribution in [3.05, 3.63) is 27.7 Å². The second-order valence-electron chi connectivity index (χ2n) is 4.46. The maximum absolute atomic E-state index is 11.5. The second kappa shape index (κ2) is 9.87. The minimum atomic E-state index is -0.280. The third-order valence-corrected chi connectivity index (χ3v) is 3.60. The highest BCUT2D eigenvalue weighted by Crippen LogP contribution is 2.27. The van der Waals surface area contributed by atoms with Crippen molar-refractivity contribution in [2.75, 3.05) is 19.8 Å². The van der Waals surface area contributed by atoms with E-state index in [1.165, 1.54) is 0 Å². The number of aliphatic hydroxyl groups excluding tert-OH is 1. The van der Waals surface area contributed by atoms with E-state index in [-0.39, 0.29) is 18.7 Å². The molecule has 0 radical (unpaired) electrons. The van der Waals surface area contributed by atoms with Gasteiger partial charge >= 0.3 is 6.03 Å². The van der Waals surface area contributed by atoms with E-state index in [9.17, 15) is 4.79 Å². The van der Waals surface area contributed by atoms with Gasteiger partial charge in [0.1, 0.15) is 5.75 Å². The fourth-order valence-electron chi connectivity index (χ4n) is 1.56. The molecule has 21 heavy (non-hydrogen) atoms. The van der Waals surface area contributed by atoms with Crippen LogP contribution in [0.5, 0.6) is 5.75 Å². The van der Waals surface area contributed by atoms with Crippen LogP contribution in [0.25, 0.3) is 0 Å². The van der Waals surface area contributed by atoms with Gasteiger partial charge in [0.05, 0.1) is 24.3 Å². The molecule has 0 aliphatic heterocycles. The smallest absolute Gasteiger partial charge is 0.315 e. The molecule has 2 amide bonds. The molecule has 0 aliphatic rings. The fourth-order valence-corrected chi connectivity index (χ4v) is 2.29. The molecule has 0 heterocycles. The number of hydrogen-bond acceptors (Lipinski definition) is 3. The van der Waals surface area contributed by atoms with Crippen LogP contribution < -0.4 is 15.4 Å². The van der Waals surface area contributed by atoms with Gasteiger partial charge in [-0.25, -0.2) is 4.79 Å². The van der Waals surface area contributed by atoms with Gasteiger partial charge in [-0.05, 0) is 31.0 Å². The molecule has 0 fully saturated rings. The van der Waals surface area contributed by atoms with Crippen LogP contribution in [0.2, 0.25) is 5.02 Å². The molecule has 0 bridgehead atoms. The van der Waals surface area contributed by atoms with Crippen molar-refractivity contribution >= 4 is 33.6 Å². The Balaban J connectivity index is 2.18. The van der Waals surface area contributed by atoms with Crippen molar-refractivity contribution in [2.45, 2.75) is 25.8 Å². The number of ether oxygens (including phenoxy) is 1. The summed E-state index contributed by atoms with van der Waals surface area (Å²) in [6.07, 6.45) is 1.35. The van der Waals surface area contributed by atoms with Crippen molar-refractivity contribution in [3.8, 4) is 5.75 Å². The summed E-state index contributed by atoms with van der Waals surface area (Å²) in [5, 5.41) is 14.9. The van der Waals surface area contributed by atoms with E-state index in [4.69, 9.17) is 21.4 Å².